The van der Waals surface area contributed by atoms with Gasteiger partial charge in [-0.1, -0.05) is 18.2 Å². The lowest BCUT2D eigenvalue weighted by Crippen LogP contribution is -2.62. The Labute approximate surface area is 232 Å². The minimum atomic E-state index is -4.46. The number of piperazine rings is 1. The summed E-state index contributed by atoms with van der Waals surface area (Å²) in [5.74, 6) is -0.501. The minimum Gasteiger partial charge on any atom is -0.492 e. The molecule has 5 rings (SSSR count). The van der Waals surface area contributed by atoms with E-state index < -0.39 is 17.7 Å². The van der Waals surface area contributed by atoms with Gasteiger partial charge in [-0.25, -0.2) is 0 Å². The van der Waals surface area contributed by atoms with Gasteiger partial charge < -0.3 is 19.3 Å². The van der Waals surface area contributed by atoms with Crippen molar-refractivity contribution in [3.8, 4) is 5.75 Å². The number of esters is 1. The summed E-state index contributed by atoms with van der Waals surface area (Å²) >= 11 is 0. The number of hydrogen-bond donors (Lipinski definition) is 0. The van der Waals surface area contributed by atoms with Crippen molar-refractivity contribution in [3.63, 3.8) is 0 Å². The van der Waals surface area contributed by atoms with Gasteiger partial charge in [0.05, 0.1) is 30.0 Å². The fourth-order valence-corrected chi connectivity index (χ4v) is 6.22. The molecule has 3 atom stereocenters. The van der Waals surface area contributed by atoms with Crippen LogP contribution in [0.3, 0.4) is 0 Å². The first kappa shape index (κ1) is 28.3. The van der Waals surface area contributed by atoms with Crippen LogP contribution in [0.15, 0.2) is 48.5 Å². The Morgan fingerprint density at radius 3 is 2.58 bits per heavy atom. The highest BCUT2D eigenvalue weighted by Crippen LogP contribution is 2.40. The molecular formula is C30H36F3N3O4. The number of likely N-dealkylation sites (tertiary alicyclic amines) is 1. The molecule has 2 aromatic carbocycles. The highest BCUT2D eigenvalue weighted by atomic mass is 19.4. The van der Waals surface area contributed by atoms with Crippen LogP contribution >= 0.6 is 0 Å². The van der Waals surface area contributed by atoms with E-state index in [2.05, 4.69) is 9.80 Å². The normalized spacial score (nSPS) is 23.2. The van der Waals surface area contributed by atoms with E-state index >= 15 is 0 Å². The lowest BCUT2D eigenvalue weighted by atomic mass is 9.82. The summed E-state index contributed by atoms with van der Waals surface area (Å²) in [6, 6.07) is 13.3. The summed E-state index contributed by atoms with van der Waals surface area (Å²) in [5.41, 5.74) is 0.613. The quantitative estimate of drug-likeness (QED) is 0.473. The number of para-hydroxylation sites is 1. The summed E-state index contributed by atoms with van der Waals surface area (Å²) in [6.45, 7) is 5.94. The average Bonchev–Trinajstić information content (AvgIpc) is 2.96. The predicted molar refractivity (Wildman–Crippen MR) is 144 cm³/mol. The topological polar surface area (TPSA) is 62.3 Å². The van der Waals surface area contributed by atoms with Gasteiger partial charge in [-0.15, -0.1) is 0 Å². The van der Waals surface area contributed by atoms with Gasteiger partial charge in [0, 0.05) is 45.0 Å². The van der Waals surface area contributed by atoms with E-state index in [1.165, 1.54) is 6.07 Å². The Kier molecular flexibility index (Phi) is 8.54. The number of piperidine rings is 1. The third-order valence-electron chi connectivity index (χ3n) is 8.21. The van der Waals surface area contributed by atoms with Gasteiger partial charge in [-0.05, 0) is 62.1 Å². The van der Waals surface area contributed by atoms with Gasteiger partial charge in [-0.3, -0.25) is 14.5 Å². The Bertz CT molecular complexity index is 1190. The molecule has 1 amide bonds. The summed E-state index contributed by atoms with van der Waals surface area (Å²) in [6.07, 6.45) is -2.87. The summed E-state index contributed by atoms with van der Waals surface area (Å²) in [5, 5.41) is 0. The third-order valence-corrected chi connectivity index (χ3v) is 8.21. The standard InChI is InChI=1S/C30H36F3N3O4/c1-2-39-29(38)21-7-6-12-35(19-21)28(37)25-18-22-17-23(30(31,32)33)10-11-26(22)36-14-13-34(20-27(25)36)15-16-40-24-8-4-3-5-9-24/h3-5,8-11,17,21,25,27H,2,6-7,12-16,18-20H2,1H3/t21-,25-,27-/m1/s1. The van der Waals surface area contributed by atoms with Crippen LogP contribution in [-0.2, 0) is 26.9 Å². The first-order valence-electron chi connectivity index (χ1n) is 14.1. The van der Waals surface area contributed by atoms with Crippen molar-refractivity contribution >= 4 is 17.6 Å². The van der Waals surface area contributed by atoms with E-state index in [4.69, 9.17) is 9.47 Å². The number of halogens is 3. The van der Waals surface area contributed by atoms with E-state index in [1.807, 2.05) is 30.3 Å². The lowest BCUT2D eigenvalue weighted by Gasteiger charge is -2.50. The zero-order chi connectivity index (χ0) is 28.3. The van der Waals surface area contributed by atoms with Crippen LogP contribution in [0.2, 0.25) is 0 Å². The van der Waals surface area contributed by atoms with Crippen molar-refractivity contribution in [1.29, 1.82) is 0 Å². The molecule has 10 heteroatoms. The molecular weight excluding hydrogens is 523 g/mol. The number of carbonyl (C=O) groups excluding carboxylic acids is 2. The highest BCUT2D eigenvalue weighted by Gasteiger charge is 2.44. The smallest absolute Gasteiger partial charge is 0.416 e. The zero-order valence-corrected chi connectivity index (χ0v) is 22.7. The van der Waals surface area contributed by atoms with Gasteiger partial charge in [0.15, 0.2) is 0 Å². The van der Waals surface area contributed by atoms with Crippen LogP contribution in [0.1, 0.15) is 30.9 Å². The number of amides is 1. The second-order valence-corrected chi connectivity index (χ2v) is 10.8. The molecule has 2 aromatic rings. The first-order valence-corrected chi connectivity index (χ1v) is 14.1. The fraction of sp³-hybridized carbons (Fsp3) is 0.533. The number of nitrogens with zero attached hydrogens (tertiary/aromatic N) is 3. The number of anilines is 1. The monoisotopic (exact) mass is 559 g/mol. The molecule has 2 fully saturated rings. The van der Waals surface area contributed by atoms with Crippen molar-refractivity contribution in [3.05, 3.63) is 59.7 Å². The van der Waals surface area contributed by atoms with E-state index in [9.17, 15) is 22.8 Å². The number of rotatable bonds is 7. The van der Waals surface area contributed by atoms with E-state index in [1.54, 1.807) is 17.9 Å². The molecule has 3 heterocycles. The Hall–Kier alpha value is -3.27. The summed E-state index contributed by atoms with van der Waals surface area (Å²) < 4.78 is 51.8. The summed E-state index contributed by atoms with van der Waals surface area (Å²) in [4.78, 5) is 32.5. The maximum Gasteiger partial charge on any atom is 0.416 e. The molecule has 0 radical (unpaired) electrons. The second kappa shape index (κ2) is 12.1. The number of alkyl halides is 3. The van der Waals surface area contributed by atoms with Crippen LogP contribution in [0.4, 0.5) is 18.9 Å². The maximum absolute atomic E-state index is 14.0. The van der Waals surface area contributed by atoms with Gasteiger partial charge in [0.1, 0.15) is 12.4 Å². The average molecular weight is 560 g/mol. The molecule has 40 heavy (non-hydrogen) atoms. The van der Waals surface area contributed by atoms with Crippen molar-refractivity contribution in [1.82, 2.24) is 9.80 Å². The molecule has 0 saturated carbocycles. The molecule has 0 bridgehead atoms. The minimum absolute atomic E-state index is 0.102. The summed E-state index contributed by atoms with van der Waals surface area (Å²) in [7, 11) is 0. The number of ether oxygens (including phenoxy) is 2. The Balaban J connectivity index is 1.35. The Morgan fingerprint density at radius 1 is 1.02 bits per heavy atom. The van der Waals surface area contributed by atoms with Crippen molar-refractivity contribution < 1.29 is 32.2 Å². The number of carbonyl (C=O) groups is 2. The molecule has 0 N–H and O–H groups in total. The van der Waals surface area contributed by atoms with Gasteiger partial charge in [-0.2, -0.15) is 13.2 Å². The maximum atomic E-state index is 14.0. The van der Waals surface area contributed by atoms with Crippen molar-refractivity contribution in [2.24, 2.45) is 11.8 Å². The van der Waals surface area contributed by atoms with Crippen LogP contribution in [0.5, 0.6) is 5.75 Å². The van der Waals surface area contributed by atoms with Gasteiger partial charge in [0.2, 0.25) is 5.91 Å². The molecule has 2 saturated heterocycles. The van der Waals surface area contributed by atoms with E-state index in [0.717, 1.165) is 17.5 Å². The van der Waals surface area contributed by atoms with Gasteiger partial charge >= 0.3 is 12.1 Å². The van der Waals surface area contributed by atoms with Gasteiger partial charge in [0.25, 0.3) is 0 Å². The number of hydrogen-bond acceptors (Lipinski definition) is 6. The van der Waals surface area contributed by atoms with E-state index in [0.29, 0.717) is 57.7 Å². The number of fused-ring (bicyclic) bond motifs is 3. The second-order valence-electron chi connectivity index (χ2n) is 10.8. The molecule has 216 valence electrons. The van der Waals surface area contributed by atoms with Crippen LogP contribution < -0.4 is 9.64 Å². The number of benzene rings is 2. The Morgan fingerprint density at radius 2 is 1.82 bits per heavy atom. The largest absolute Gasteiger partial charge is 0.492 e. The molecule has 0 aromatic heterocycles. The van der Waals surface area contributed by atoms with Crippen molar-refractivity contribution in [2.45, 2.75) is 38.4 Å². The van der Waals surface area contributed by atoms with Crippen LogP contribution in [0, 0.1) is 11.8 Å². The highest BCUT2D eigenvalue weighted by molar-refractivity contribution is 5.83. The molecule has 3 aliphatic heterocycles. The molecule has 0 aliphatic carbocycles. The zero-order valence-electron chi connectivity index (χ0n) is 22.7. The fourth-order valence-electron chi connectivity index (χ4n) is 6.22. The molecule has 3 aliphatic rings. The SMILES string of the molecule is CCOC(=O)[C@@H]1CCCN(C(=O)[C@@H]2Cc3cc(C(F)(F)F)ccc3N3CCN(CCOc4ccccc4)C[C@H]23)C1. The lowest BCUT2D eigenvalue weighted by molar-refractivity contribution is -0.152. The third kappa shape index (κ3) is 6.22. The first-order chi connectivity index (χ1) is 19.2. The van der Waals surface area contributed by atoms with Crippen LogP contribution in [-0.4, -0.2) is 80.2 Å². The predicted octanol–water partition coefficient (Wildman–Crippen LogP) is 4.25. The molecule has 7 nitrogen and oxygen atoms in total. The molecule has 0 unspecified atom stereocenters. The molecule has 0 spiro atoms. The van der Waals surface area contributed by atoms with E-state index in [-0.39, 0.29) is 43.4 Å². The van der Waals surface area contributed by atoms with Crippen molar-refractivity contribution in [2.75, 3.05) is 57.4 Å². The van der Waals surface area contributed by atoms with Crippen LogP contribution in [0.25, 0.3) is 0 Å².